The van der Waals surface area contributed by atoms with Crippen LogP contribution >= 0.6 is 23.2 Å². The van der Waals surface area contributed by atoms with E-state index in [0.717, 1.165) is 40.8 Å². The predicted octanol–water partition coefficient (Wildman–Crippen LogP) is 4.86. The number of rotatable bonds is 5. The molecule has 1 aromatic carbocycles. The summed E-state index contributed by atoms with van der Waals surface area (Å²) in [5.74, 6) is 2.10. The molecule has 0 unspecified atom stereocenters. The highest BCUT2D eigenvalue weighted by molar-refractivity contribution is 6.31. The fraction of sp³-hybridized carbons (Fsp3) is 0.500. The summed E-state index contributed by atoms with van der Waals surface area (Å²) in [4.78, 5) is 4.54. The molecule has 0 radical (unpaired) electrons. The zero-order valence-corrected chi connectivity index (χ0v) is 12.3. The van der Waals surface area contributed by atoms with Gasteiger partial charge in [-0.3, -0.25) is 0 Å². The maximum Gasteiger partial charge on any atom is 0.124 e. The van der Waals surface area contributed by atoms with Crippen molar-refractivity contribution in [3.63, 3.8) is 0 Å². The van der Waals surface area contributed by atoms with Gasteiger partial charge in [0.15, 0.2) is 0 Å². The SMILES string of the molecule is CC(C)CCCn1c(CCl)nc2cc(Cl)ccc21. The second-order valence-corrected chi connectivity index (χ2v) is 5.69. The zero-order valence-electron chi connectivity index (χ0n) is 10.8. The molecule has 2 nitrogen and oxygen atoms in total. The van der Waals surface area contributed by atoms with Crippen LogP contribution < -0.4 is 0 Å². The van der Waals surface area contributed by atoms with Gasteiger partial charge in [0.05, 0.1) is 16.9 Å². The Morgan fingerprint density at radius 1 is 1.33 bits per heavy atom. The van der Waals surface area contributed by atoms with Crippen molar-refractivity contribution in [3.05, 3.63) is 29.0 Å². The number of imidazole rings is 1. The van der Waals surface area contributed by atoms with Crippen molar-refractivity contribution in [2.24, 2.45) is 5.92 Å². The highest BCUT2D eigenvalue weighted by Crippen LogP contribution is 2.22. The summed E-state index contributed by atoms with van der Waals surface area (Å²) in [6.07, 6.45) is 2.37. The van der Waals surface area contributed by atoms with E-state index in [4.69, 9.17) is 23.2 Å². The minimum atomic E-state index is 0.438. The lowest BCUT2D eigenvalue weighted by atomic mass is 10.1. The van der Waals surface area contributed by atoms with E-state index in [2.05, 4.69) is 23.4 Å². The third-order valence-corrected chi connectivity index (χ3v) is 3.55. The highest BCUT2D eigenvalue weighted by Gasteiger charge is 2.10. The molecule has 0 amide bonds. The molecule has 1 heterocycles. The summed E-state index contributed by atoms with van der Waals surface area (Å²) in [6.45, 7) is 5.46. The molecule has 1 aromatic heterocycles. The van der Waals surface area contributed by atoms with Crippen LogP contribution in [-0.4, -0.2) is 9.55 Å². The number of nitrogens with zero attached hydrogens (tertiary/aromatic N) is 2. The number of hydrogen-bond donors (Lipinski definition) is 0. The number of halogens is 2. The quantitative estimate of drug-likeness (QED) is 0.717. The maximum atomic E-state index is 5.99. The van der Waals surface area contributed by atoms with Crippen LogP contribution in [0.15, 0.2) is 18.2 Å². The van der Waals surface area contributed by atoms with Gasteiger partial charge in [-0.2, -0.15) is 0 Å². The van der Waals surface area contributed by atoms with Gasteiger partial charge in [-0.15, -0.1) is 11.6 Å². The van der Waals surface area contributed by atoms with Crippen molar-refractivity contribution < 1.29 is 0 Å². The van der Waals surface area contributed by atoms with E-state index in [1.165, 1.54) is 6.42 Å². The number of alkyl halides is 1. The first-order chi connectivity index (χ1) is 8.61. The van der Waals surface area contributed by atoms with Crippen molar-refractivity contribution in [3.8, 4) is 0 Å². The van der Waals surface area contributed by atoms with Gasteiger partial charge in [0.25, 0.3) is 0 Å². The largest absolute Gasteiger partial charge is 0.327 e. The number of benzene rings is 1. The van der Waals surface area contributed by atoms with E-state index in [1.807, 2.05) is 18.2 Å². The smallest absolute Gasteiger partial charge is 0.124 e. The molecule has 0 saturated carbocycles. The molecule has 0 saturated heterocycles. The highest BCUT2D eigenvalue weighted by atomic mass is 35.5. The minimum Gasteiger partial charge on any atom is -0.327 e. The van der Waals surface area contributed by atoms with E-state index in [9.17, 15) is 0 Å². The molecule has 0 aliphatic heterocycles. The Balaban J connectivity index is 2.29. The van der Waals surface area contributed by atoms with Gasteiger partial charge in [0.2, 0.25) is 0 Å². The maximum absolute atomic E-state index is 5.99. The average Bonchev–Trinajstić information content (AvgIpc) is 2.66. The predicted molar refractivity (Wildman–Crippen MR) is 78.4 cm³/mol. The van der Waals surface area contributed by atoms with Crippen molar-refractivity contribution in [1.82, 2.24) is 9.55 Å². The van der Waals surface area contributed by atoms with Gasteiger partial charge in [-0.05, 0) is 37.0 Å². The Labute approximate surface area is 118 Å². The third-order valence-electron chi connectivity index (χ3n) is 3.07. The number of aromatic nitrogens is 2. The molecular weight excluding hydrogens is 267 g/mol. The Kier molecular flexibility index (Phi) is 4.52. The molecule has 2 rings (SSSR count). The molecule has 0 N–H and O–H groups in total. The van der Waals surface area contributed by atoms with E-state index in [-0.39, 0.29) is 0 Å². The first kappa shape index (κ1) is 13.7. The lowest BCUT2D eigenvalue weighted by molar-refractivity contribution is 0.512. The molecule has 18 heavy (non-hydrogen) atoms. The van der Waals surface area contributed by atoms with E-state index in [1.54, 1.807) is 0 Å². The Morgan fingerprint density at radius 2 is 2.11 bits per heavy atom. The van der Waals surface area contributed by atoms with Gasteiger partial charge in [0.1, 0.15) is 5.82 Å². The number of fused-ring (bicyclic) bond motifs is 1. The minimum absolute atomic E-state index is 0.438. The van der Waals surface area contributed by atoms with Gasteiger partial charge in [0, 0.05) is 11.6 Å². The summed E-state index contributed by atoms with van der Waals surface area (Å²) in [5, 5.41) is 0.718. The first-order valence-corrected chi connectivity index (χ1v) is 7.23. The van der Waals surface area contributed by atoms with Crippen LogP contribution in [0.5, 0.6) is 0 Å². The van der Waals surface area contributed by atoms with Gasteiger partial charge < -0.3 is 4.57 Å². The molecule has 2 aromatic rings. The zero-order chi connectivity index (χ0) is 13.1. The molecule has 0 aliphatic carbocycles. The van der Waals surface area contributed by atoms with Crippen molar-refractivity contribution in [2.45, 2.75) is 39.1 Å². The van der Waals surface area contributed by atoms with Crippen molar-refractivity contribution in [1.29, 1.82) is 0 Å². The molecule has 0 bridgehead atoms. The monoisotopic (exact) mass is 284 g/mol. The van der Waals surface area contributed by atoms with Gasteiger partial charge >= 0.3 is 0 Å². The fourth-order valence-corrected chi connectivity index (χ4v) is 2.53. The van der Waals surface area contributed by atoms with Crippen molar-refractivity contribution in [2.75, 3.05) is 0 Å². The fourth-order valence-electron chi connectivity index (χ4n) is 2.16. The number of aryl methyl sites for hydroxylation is 1. The van der Waals surface area contributed by atoms with Crippen LogP contribution in [-0.2, 0) is 12.4 Å². The first-order valence-electron chi connectivity index (χ1n) is 6.32. The summed E-state index contributed by atoms with van der Waals surface area (Å²) in [5.41, 5.74) is 2.06. The van der Waals surface area contributed by atoms with Crippen molar-refractivity contribution >= 4 is 34.2 Å². The van der Waals surface area contributed by atoms with Crippen LogP contribution in [0.2, 0.25) is 5.02 Å². The van der Waals surface area contributed by atoms with Gasteiger partial charge in [-0.1, -0.05) is 25.4 Å². The molecule has 0 spiro atoms. The Morgan fingerprint density at radius 3 is 2.78 bits per heavy atom. The third kappa shape index (κ3) is 2.99. The normalized spacial score (nSPS) is 11.6. The molecule has 0 aliphatic rings. The summed E-state index contributed by atoms with van der Waals surface area (Å²) >= 11 is 12.0. The second kappa shape index (κ2) is 5.94. The van der Waals surface area contributed by atoms with E-state index in [0.29, 0.717) is 5.88 Å². The lowest BCUT2D eigenvalue weighted by Crippen LogP contribution is -2.03. The lowest BCUT2D eigenvalue weighted by Gasteiger charge is -2.09. The topological polar surface area (TPSA) is 17.8 Å². The standard InChI is InChI=1S/C14H18Cl2N2/c1-10(2)4-3-7-18-13-6-5-11(16)8-12(13)17-14(18)9-15/h5-6,8,10H,3-4,7,9H2,1-2H3. The second-order valence-electron chi connectivity index (χ2n) is 4.98. The van der Waals surface area contributed by atoms with Gasteiger partial charge in [-0.25, -0.2) is 4.98 Å². The summed E-state index contributed by atoms with van der Waals surface area (Å²) in [7, 11) is 0. The molecule has 0 atom stereocenters. The van der Waals surface area contributed by atoms with Crippen LogP contribution in [0.25, 0.3) is 11.0 Å². The van der Waals surface area contributed by atoms with Crippen LogP contribution in [0.4, 0.5) is 0 Å². The average molecular weight is 285 g/mol. The van der Waals surface area contributed by atoms with E-state index < -0.39 is 0 Å². The summed E-state index contributed by atoms with van der Waals surface area (Å²) < 4.78 is 2.21. The number of hydrogen-bond acceptors (Lipinski definition) is 1. The molecule has 0 fully saturated rings. The Hall–Kier alpha value is -0.730. The molecule has 4 heteroatoms. The molecule has 98 valence electrons. The van der Waals surface area contributed by atoms with Crippen LogP contribution in [0.3, 0.4) is 0 Å². The summed E-state index contributed by atoms with van der Waals surface area (Å²) in [6, 6.07) is 5.82. The van der Waals surface area contributed by atoms with E-state index >= 15 is 0 Å². The van der Waals surface area contributed by atoms with Crippen LogP contribution in [0, 0.1) is 5.92 Å². The van der Waals surface area contributed by atoms with Crippen LogP contribution in [0.1, 0.15) is 32.5 Å². The molecular formula is C14H18Cl2N2. The Bertz CT molecular complexity index is 532.